The Labute approximate surface area is 127 Å². The molecular formula is C17H24O3P+. The van der Waals surface area contributed by atoms with E-state index < -0.39 is 19.1 Å². The van der Waals surface area contributed by atoms with Gasteiger partial charge in [-0.3, -0.25) is 0 Å². The molecule has 0 N–H and O–H groups in total. The van der Waals surface area contributed by atoms with E-state index in [0.29, 0.717) is 11.6 Å². The van der Waals surface area contributed by atoms with Gasteiger partial charge in [0.2, 0.25) is 0 Å². The molecule has 3 nitrogen and oxygen atoms in total. The number of hydrogen-bond donors (Lipinski definition) is 0. The third kappa shape index (κ3) is 1.88. The van der Waals surface area contributed by atoms with E-state index in [9.17, 15) is 0 Å². The van der Waals surface area contributed by atoms with Gasteiger partial charge in [0, 0.05) is 12.8 Å². The molecule has 0 aromatic carbocycles. The zero-order chi connectivity index (χ0) is 15.1. The first kappa shape index (κ1) is 14.1. The zero-order valence-corrected chi connectivity index (χ0v) is 14.2. The van der Waals surface area contributed by atoms with Gasteiger partial charge >= 0.3 is 0 Å². The molecule has 0 aliphatic carbocycles. The van der Waals surface area contributed by atoms with Gasteiger partial charge in [-0.15, -0.1) is 0 Å². The first-order valence-electron chi connectivity index (χ1n) is 7.72. The average molecular weight is 307 g/mol. The molecule has 0 aromatic rings. The van der Waals surface area contributed by atoms with Crippen molar-refractivity contribution in [3.63, 3.8) is 0 Å². The smallest absolute Gasteiger partial charge is 0.172 e. The molecule has 0 saturated carbocycles. The second kappa shape index (κ2) is 3.89. The second-order valence-corrected chi connectivity index (χ2v) is 9.68. The van der Waals surface area contributed by atoms with Crippen LogP contribution in [-0.4, -0.2) is 34.7 Å². The van der Waals surface area contributed by atoms with Crippen molar-refractivity contribution in [3.8, 4) is 0 Å². The molecule has 0 spiro atoms. The highest BCUT2D eigenvalue weighted by Gasteiger charge is 2.73. The Morgan fingerprint density at radius 3 is 2.05 bits per heavy atom. The summed E-state index contributed by atoms with van der Waals surface area (Å²) < 4.78 is 19.0. The highest BCUT2D eigenvalue weighted by molar-refractivity contribution is 7.60. The van der Waals surface area contributed by atoms with E-state index in [0.717, 1.165) is 12.8 Å². The van der Waals surface area contributed by atoms with Crippen LogP contribution in [-0.2, 0) is 14.2 Å². The van der Waals surface area contributed by atoms with Crippen LogP contribution >= 0.6 is 7.55 Å². The van der Waals surface area contributed by atoms with E-state index in [2.05, 4.69) is 58.0 Å². The summed E-state index contributed by atoms with van der Waals surface area (Å²) in [6.45, 7) is 8.60. The van der Waals surface area contributed by atoms with Crippen molar-refractivity contribution in [2.75, 3.05) is 0 Å². The largest absolute Gasteiger partial charge is 0.343 e. The van der Waals surface area contributed by atoms with Crippen molar-refractivity contribution in [2.45, 2.75) is 69.0 Å². The van der Waals surface area contributed by atoms with E-state index in [4.69, 9.17) is 14.2 Å². The predicted molar refractivity (Wildman–Crippen MR) is 85.7 cm³/mol. The quantitative estimate of drug-likeness (QED) is 0.690. The van der Waals surface area contributed by atoms with E-state index >= 15 is 0 Å². The number of allylic oxidation sites excluding steroid dienone is 3. The minimum Gasteiger partial charge on any atom is -0.343 e. The molecule has 4 saturated heterocycles. The summed E-state index contributed by atoms with van der Waals surface area (Å²) in [6, 6.07) is 0. The van der Waals surface area contributed by atoms with Gasteiger partial charge in [0.15, 0.2) is 11.6 Å². The maximum atomic E-state index is 6.47. The van der Waals surface area contributed by atoms with Crippen LogP contribution in [0.25, 0.3) is 0 Å². The average Bonchev–Trinajstić information content (AvgIpc) is 2.24. The van der Waals surface area contributed by atoms with Crippen molar-refractivity contribution >= 4 is 13.8 Å². The molecule has 6 atom stereocenters. The van der Waals surface area contributed by atoms with Crippen LogP contribution in [0.2, 0.25) is 0 Å². The molecule has 0 amide bonds. The lowest BCUT2D eigenvalue weighted by Gasteiger charge is -2.69. The minimum atomic E-state index is -0.524. The van der Waals surface area contributed by atoms with Crippen LogP contribution in [0, 0.1) is 5.92 Å². The van der Waals surface area contributed by atoms with Gasteiger partial charge in [-0.05, 0) is 39.8 Å². The lowest BCUT2D eigenvalue weighted by Crippen LogP contribution is -2.78. The lowest BCUT2D eigenvalue weighted by atomic mass is 9.63. The molecule has 0 aromatic heterocycles. The van der Waals surface area contributed by atoms with E-state index in [-0.39, 0.29) is 11.2 Å². The molecule has 21 heavy (non-hydrogen) atoms. The molecule has 114 valence electrons. The molecule has 4 heteroatoms. The summed E-state index contributed by atoms with van der Waals surface area (Å²) in [5.74, 6) is 1.52. The van der Waals surface area contributed by atoms with Crippen LogP contribution in [0.4, 0.5) is 0 Å². The standard InChI is InChI=1S/C17H24O3P/c1-14-10-16(3)19-15(2,11-17(4,18-14)20-16)13(14)12-8-6-7-9-21(12)5/h6-9,12-13H,5,10-11H2,1-4H3/q+1. The molecule has 5 aliphatic rings. The molecule has 6 unspecified atom stereocenters. The Kier molecular flexibility index (Phi) is 2.62. The van der Waals surface area contributed by atoms with Crippen molar-refractivity contribution in [3.05, 3.63) is 24.0 Å². The molecule has 4 fully saturated rings. The maximum Gasteiger partial charge on any atom is 0.172 e. The van der Waals surface area contributed by atoms with Gasteiger partial charge in [0.1, 0.15) is 19.0 Å². The fraction of sp³-hybridized carbons (Fsp3) is 0.706. The van der Waals surface area contributed by atoms with Crippen LogP contribution in [0.15, 0.2) is 24.0 Å². The lowest BCUT2D eigenvalue weighted by molar-refractivity contribution is -0.527. The van der Waals surface area contributed by atoms with Gasteiger partial charge in [0.05, 0.1) is 23.4 Å². The maximum absolute atomic E-state index is 6.47. The van der Waals surface area contributed by atoms with Gasteiger partial charge in [-0.1, -0.05) is 6.08 Å². The Morgan fingerprint density at radius 1 is 0.952 bits per heavy atom. The van der Waals surface area contributed by atoms with Gasteiger partial charge in [0.25, 0.3) is 0 Å². The highest BCUT2D eigenvalue weighted by atomic mass is 31.1. The SMILES string of the molecule is C=[P+]1C=CC=CC1C1C2(C)CC3(C)OC(C)(CC1(C)O3)O2. The Hall–Kier alpha value is -0.470. The van der Waals surface area contributed by atoms with Gasteiger partial charge in [-0.2, -0.15) is 0 Å². The van der Waals surface area contributed by atoms with Gasteiger partial charge in [-0.25, -0.2) is 0 Å². The van der Waals surface area contributed by atoms with Crippen molar-refractivity contribution in [1.82, 2.24) is 0 Å². The summed E-state index contributed by atoms with van der Waals surface area (Å²) in [5.41, 5.74) is -0.0242. The zero-order valence-electron chi connectivity index (χ0n) is 13.3. The molecule has 0 radical (unpaired) electrons. The van der Waals surface area contributed by atoms with Crippen LogP contribution < -0.4 is 0 Å². The fourth-order valence-electron chi connectivity index (χ4n) is 5.54. The number of hydrogen-bond acceptors (Lipinski definition) is 3. The van der Waals surface area contributed by atoms with E-state index in [1.54, 1.807) is 0 Å². The summed E-state index contributed by atoms with van der Waals surface area (Å²) >= 11 is 0. The van der Waals surface area contributed by atoms with Crippen molar-refractivity contribution in [1.29, 1.82) is 0 Å². The summed E-state index contributed by atoms with van der Waals surface area (Å²) in [6.07, 6.45) is 12.5. The molecule has 4 bridgehead atoms. The van der Waals surface area contributed by atoms with Crippen LogP contribution in [0.3, 0.4) is 0 Å². The topological polar surface area (TPSA) is 27.7 Å². The fourth-order valence-corrected chi connectivity index (χ4v) is 7.40. The summed E-state index contributed by atoms with van der Waals surface area (Å²) in [5, 5.41) is 0. The normalized spacial score (nSPS) is 59.7. The Bertz CT molecular complexity index is 535. The summed E-state index contributed by atoms with van der Waals surface area (Å²) in [4.78, 5) is 0. The number of ether oxygens (including phenoxy) is 3. The van der Waals surface area contributed by atoms with Crippen LogP contribution in [0.1, 0.15) is 40.5 Å². The van der Waals surface area contributed by atoms with Crippen molar-refractivity contribution in [2.24, 2.45) is 5.92 Å². The molecule has 5 heterocycles. The molecule has 5 rings (SSSR count). The highest BCUT2D eigenvalue weighted by Crippen LogP contribution is 2.65. The third-order valence-electron chi connectivity index (χ3n) is 5.41. The first-order chi connectivity index (χ1) is 9.67. The summed E-state index contributed by atoms with van der Waals surface area (Å²) in [7, 11) is -0.417. The number of rotatable bonds is 1. The van der Waals surface area contributed by atoms with Gasteiger partial charge < -0.3 is 14.2 Å². The monoisotopic (exact) mass is 307 g/mol. The minimum absolute atomic E-state index is 0.217. The van der Waals surface area contributed by atoms with E-state index in [1.807, 2.05) is 0 Å². The van der Waals surface area contributed by atoms with Crippen molar-refractivity contribution < 1.29 is 14.2 Å². The molecular weight excluding hydrogens is 283 g/mol. The Morgan fingerprint density at radius 2 is 1.52 bits per heavy atom. The molecule has 5 aliphatic heterocycles. The first-order valence-corrected chi connectivity index (χ1v) is 9.38. The Balaban J connectivity index is 1.81. The second-order valence-electron chi connectivity index (χ2n) is 7.76. The third-order valence-corrected chi connectivity index (χ3v) is 7.20. The van der Waals surface area contributed by atoms with E-state index in [1.165, 1.54) is 0 Å². The van der Waals surface area contributed by atoms with Crippen LogP contribution in [0.5, 0.6) is 0 Å². The predicted octanol–water partition coefficient (Wildman–Crippen LogP) is 3.79.